The fourth-order valence-electron chi connectivity index (χ4n) is 2.88. The molecular weight excluding hydrogens is 404 g/mol. The molecule has 150 valence electrons. The first-order chi connectivity index (χ1) is 13.3. The summed E-state index contributed by atoms with van der Waals surface area (Å²) in [5, 5.41) is 12.5. The van der Waals surface area contributed by atoms with E-state index in [0.29, 0.717) is 6.61 Å². The van der Waals surface area contributed by atoms with Crippen molar-refractivity contribution in [3.8, 4) is 5.75 Å². The molecular formula is C19H21ClN2O5S. The minimum atomic E-state index is -3.91. The van der Waals surface area contributed by atoms with E-state index in [0.717, 1.165) is 18.4 Å². The molecule has 0 spiro atoms. The molecule has 1 amide bonds. The third kappa shape index (κ3) is 4.82. The van der Waals surface area contributed by atoms with Gasteiger partial charge in [0.2, 0.25) is 10.0 Å². The van der Waals surface area contributed by atoms with Crippen LogP contribution in [0.5, 0.6) is 5.75 Å². The second kappa shape index (κ2) is 8.48. The van der Waals surface area contributed by atoms with Crippen molar-refractivity contribution in [1.82, 2.24) is 4.72 Å². The Bertz CT molecular complexity index is 988. The third-order valence-corrected chi connectivity index (χ3v) is 6.31. The number of sulfonamides is 1. The number of phenolic OH excluding ortho intramolecular Hbond substituents is 1. The lowest BCUT2D eigenvalue weighted by Gasteiger charge is -2.13. The minimum absolute atomic E-state index is 0.00886. The number of amides is 1. The van der Waals surface area contributed by atoms with Gasteiger partial charge >= 0.3 is 0 Å². The van der Waals surface area contributed by atoms with E-state index in [1.807, 2.05) is 6.92 Å². The van der Waals surface area contributed by atoms with Crippen LogP contribution in [0.4, 0.5) is 5.69 Å². The molecule has 3 rings (SSSR count). The van der Waals surface area contributed by atoms with Crippen LogP contribution in [0.1, 0.15) is 28.8 Å². The predicted molar refractivity (Wildman–Crippen MR) is 106 cm³/mol. The number of phenols is 1. The van der Waals surface area contributed by atoms with Gasteiger partial charge in [-0.05, 0) is 55.7 Å². The number of halogens is 1. The molecule has 0 radical (unpaired) electrons. The normalized spacial score (nSPS) is 16.9. The topological polar surface area (TPSA) is 105 Å². The maximum atomic E-state index is 12.6. The van der Waals surface area contributed by atoms with Gasteiger partial charge in [-0.15, -0.1) is 0 Å². The average molecular weight is 425 g/mol. The van der Waals surface area contributed by atoms with Crippen molar-refractivity contribution in [3.05, 3.63) is 52.5 Å². The zero-order valence-corrected chi connectivity index (χ0v) is 16.8. The molecule has 0 aromatic heterocycles. The van der Waals surface area contributed by atoms with Crippen LogP contribution in [0.15, 0.2) is 41.3 Å². The summed E-state index contributed by atoms with van der Waals surface area (Å²) in [7, 11) is -3.91. The Labute approximate surface area is 168 Å². The Hall–Kier alpha value is -2.13. The summed E-state index contributed by atoms with van der Waals surface area (Å²) in [4.78, 5) is 12.3. The number of carbonyl (C=O) groups is 1. The summed E-state index contributed by atoms with van der Waals surface area (Å²) in [6, 6.07) is 8.80. The number of anilines is 1. The van der Waals surface area contributed by atoms with Crippen LogP contribution in [0, 0.1) is 6.92 Å². The average Bonchev–Trinajstić information content (AvgIpc) is 3.16. The van der Waals surface area contributed by atoms with Crippen molar-refractivity contribution >= 4 is 33.2 Å². The SMILES string of the molecule is Cc1ccc(NC(=O)c2ccc(Cl)c(S(=O)(=O)NC[C@@H]3CCCO3)c2)c(O)c1. The maximum absolute atomic E-state index is 12.6. The molecule has 0 aliphatic carbocycles. The number of carbonyl (C=O) groups excluding carboxylic acids is 1. The number of ether oxygens (including phenoxy) is 1. The summed E-state index contributed by atoms with van der Waals surface area (Å²) in [5.41, 5.74) is 1.17. The number of rotatable bonds is 6. The van der Waals surface area contributed by atoms with Crippen molar-refractivity contribution in [2.24, 2.45) is 0 Å². The molecule has 0 saturated carbocycles. The molecule has 1 fully saturated rings. The van der Waals surface area contributed by atoms with Crippen molar-refractivity contribution in [2.45, 2.75) is 30.8 Å². The molecule has 1 atom stereocenters. The molecule has 0 unspecified atom stereocenters. The predicted octanol–water partition coefficient (Wildman–Crippen LogP) is 3.06. The van der Waals surface area contributed by atoms with Crippen LogP contribution in [0.2, 0.25) is 5.02 Å². The molecule has 2 aromatic rings. The highest BCUT2D eigenvalue weighted by Crippen LogP contribution is 2.26. The van der Waals surface area contributed by atoms with Crippen LogP contribution < -0.4 is 10.0 Å². The summed E-state index contributed by atoms with van der Waals surface area (Å²) in [6.45, 7) is 2.58. The zero-order chi connectivity index (χ0) is 20.3. The minimum Gasteiger partial charge on any atom is -0.506 e. The number of aromatic hydroxyl groups is 1. The third-order valence-electron chi connectivity index (χ3n) is 4.41. The van der Waals surface area contributed by atoms with Gasteiger partial charge in [0, 0.05) is 18.7 Å². The molecule has 1 aliphatic rings. The number of aryl methyl sites for hydroxylation is 1. The Kier molecular flexibility index (Phi) is 6.24. The van der Waals surface area contributed by atoms with E-state index in [9.17, 15) is 18.3 Å². The van der Waals surface area contributed by atoms with E-state index in [2.05, 4.69) is 10.0 Å². The molecule has 28 heavy (non-hydrogen) atoms. The molecule has 1 aliphatic heterocycles. The Morgan fingerprint density at radius 1 is 1.29 bits per heavy atom. The first-order valence-electron chi connectivity index (χ1n) is 8.78. The second-order valence-corrected chi connectivity index (χ2v) is 8.75. The Morgan fingerprint density at radius 3 is 2.75 bits per heavy atom. The van der Waals surface area contributed by atoms with Crippen LogP contribution in [0.3, 0.4) is 0 Å². The zero-order valence-electron chi connectivity index (χ0n) is 15.2. The quantitative estimate of drug-likeness (QED) is 0.618. The molecule has 2 aromatic carbocycles. The van der Waals surface area contributed by atoms with Crippen LogP contribution >= 0.6 is 11.6 Å². The van der Waals surface area contributed by atoms with E-state index in [-0.39, 0.29) is 39.6 Å². The molecule has 1 saturated heterocycles. The van der Waals surface area contributed by atoms with Gasteiger partial charge in [0.05, 0.1) is 16.8 Å². The van der Waals surface area contributed by atoms with Crippen LogP contribution in [-0.2, 0) is 14.8 Å². The van der Waals surface area contributed by atoms with E-state index in [4.69, 9.17) is 16.3 Å². The largest absolute Gasteiger partial charge is 0.506 e. The summed E-state index contributed by atoms with van der Waals surface area (Å²) >= 11 is 6.06. The van der Waals surface area contributed by atoms with Crippen LogP contribution in [-0.4, -0.2) is 38.7 Å². The van der Waals surface area contributed by atoms with Gasteiger partial charge < -0.3 is 15.2 Å². The van der Waals surface area contributed by atoms with Gasteiger partial charge in [-0.3, -0.25) is 4.79 Å². The lowest BCUT2D eigenvalue weighted by molar-refractivity contribution is 0.102. The van der Waals surface area contributed by atoms with Crippen molar-refractivity contribution in [2.75, 3.05) is 18.5 Å². The molecule has 0 bridgehead atoms. The van der Waals surface area contributed by atoms with Gasteiger partial charge in [0.25, 0.3) is 5.91 Å². The van der Waals surface area contributed by atoms with Crippen molar-refractivity contribution < 1.29 is 23.1 Å². The number of hydrogen-bond donors (Lipinski definition) is 3. The summed E-state index contributed by atoms with van der Waals surface area (Å²) in [6.07, 6.45) is 1.53. The summed E-state index contributed by atoms with van der Waals surface area (Å²) < 4.78 is 33.1. The highest BCUT2D eigenvalue weighted by molar-refractivity contribution is 7.89. The fraction of sp³-hybridized carbons (Fsp3) is 0.316. The van der Waals surface area contributed by atoms with Crippen LogP contribution in [0.25, 0.3) is 0 Å². The second-order valence-electron chi connectivity index (χ2n) is 6.61. The fourth-order valence-corrected chi connectivity index (χ4v) is 4.47. The Morgan fingerprint density at radius 2 is 2.07 bits per heavy atom. The Balaban J connectivity index is 1.78. The lowest BCUT2D eigenvalue weighted by Crippen LogP contribution is -2.32. The lowest BCUT2D eigenvalue weighted by atomic mass is 10.2. The molecule has 3 N–H and O–H groups in total. The molecule has 9 heteroatoms. The highest BCUT2D eigenvalue weighted by Gasteiger charge is 2.23. The van der Waals surface area contributed by atoms with Crippen molar-refractivity contribution in [1.29, 1.82) is 0 Å². The number of hydrogen-bond acceptors (Lipinski definition) is 5. The first-order valence-corrected chi connectivity index (χ1v) is 10.6. The maximum Gasteiger partial charge on any atom is 0.255 e. The van der Waals surface area contributed by atoms with Gasteiger partial charge in [-0.1, -0.05) is 17.7 Å². The van der Waals surface area contributed by atoms with E-state index in [1.165, 1.54) is 24.3 Å². The van der Waals surface area contributed by atoms with Gasteiger partial charge in [-0.2, -0.15) is 0 Å². The number of benzene rings is 2. The van der Waals surface area contributed by atoms with Gasteiger partial charge in [-0.25, -0.2) is 13.1 Å². The highest BCUT2D eigenvalue weighted by atomic mass is 35.5. The van der Waals surface area contributed by atoms with Gasteiger partial charge in [0.15, 0.2) is 0 Å². The summed E-state index contributed by atoms with van der Waals surface area (Å²) in [5.74, 6) is -0.639. The molecule has 7 nitrogen and oxygen atoms in total. The molecule has 1 heterocycles. The van der Waals surface area contributed by atoms with Gasteiger partial charge in [0.1, 0.15) is 10.6 Å². The van der Waals surface area contributed by atoms with E-state index >= 15 is 0 Å². The number of nitrogens with one attached hydrogen (secondary N) is 2. The van der Waals surface area contributed by atoms with E-state index < -0.39 is 15.9 Å². The first kappa shape index (κ1) is 20.6. The monoisotopic (exact) mass is 424 g/mol. The van der Waals surface area contributed by atoms with Crippen molar-refractivity contribution in [3.63, 3.8) is 0 Å². The smallest absolute Gasteiger partial charge is 0.255 e. The van der Waals surface area contributed by atoms with E-state index in [1.54, 1.807) is 12.1 Å². The standard InChI is InChI=1S/C19H21ClN2O5S/c1-12-4-7-16(17(23)9-12)22-19(24)13-5-6-15(20)18(10-13)28(25,26)21-11-14-3-2-8-27-14/h4-7,9-10,14,21,23H,2-3,8,11H2,1H3,(H,22,24)/t14-/m0/s1.